The van der Waals surface area contributed by atoms with Crippen LogP contribution in [-0.2, 0) is 4.79 Å². The number of nitrogens with zero attached hydrogens (tertiary/aromatic N) is 2. The third-order valence-corrected chi connectivity index (χ3v) is 4.25. The molecular formula is C20H16BrN3O4. The summed E-state index contributed by atoms with van der Waals surface area (Å²) in [6.07, 6.45) is 3.26. The first-order chi connectivity index (χ1) is 13.5. The van der Waals surface area contributed by atoms with Gasteiger partial charge in [-0.15, -0.1) is 0 Å². The zero-order chi connectivity index (χ0) is 19.9. The largest absolute Gasteiger partial charge is 0.484 e. The van der Waals surface area contributed by atoms with E-state index >= 15 is 0 Å². The lowest BCUT2D eigenvalue weighted by Crippen LogP contribution is -2.24. The molecule has 0 aliphatic rings. The number of carboxylic acids is 1. The van der Waals surface area contributed by atoms with Gasteiger partial charge in [0.25, 0.3) is 5.91 Å². The maximum Gasteiger partial charge on any atom is 0.335 e. The van der Waals surface area contributed by atoms with E-state index in [1.807, 2.05) is 12.1 Å². The van der Waals surface area contributed by atoms with E-state index in [1.165, 1.54) is 12.3 Å². The molecule has 1 heterocycles. The van der Waals surface area contributed by atoms with Crippen LogP contribution in [0.1, 0.15) is 16.1 Å². The van der Waals surface area contributed by atoms with Gasteiger partial charge in [0.1, 0.15) is 5.75 Å². The van der Waals surface area contributed by atoms with E-state index in [4.69, 9.17) is 9.84 Å². The van der Waals surface area contributed by atoms with Crippen molar-refractivity contribution in [3.8, 4) is 11.4 Å². The van der Waals surface area contributed by atoms with Crippen LogP contribution in [0.25, 0.3) is 5.69 Å². The van der Waals surface area contributed by atoms with Crippen LogP contribution in [0.3, 0.4) is 0 Å². The highest BCUT2D eigenvalue weighted by atomic mass is 79.9. The number of hydrogen-bond donors (Lipinski definition) is 2. The maximum absolute atomic E-state index is 11.9. The first kappa shape index (κ1) is 19.4. The number of nitrogens with one attached hydrogen (secondary N) is 1. The van der Waals surface area contributed by atoms with Crippen LogP contribution >= 0.6 is 15.9 Å². The Morgan fingerprint density at radius 1 is 1.14 bits per heavy atom. The predicted octanol–water partition coefficient (Wildman–Crippen LogP) is 3.47. The molecule has 0 saturated heterocycles. The quantitative estimate of drug-likeness (QED) is 0.433. The lowest BCUT2D eigenvalue weighted by atomic mass is 10.2. The van der Waals surface area contributed by atoms with Crippen LogP contribution < -0.4 is 10.2 Å². The van der Waals surface area contributed by atoms with Gasteiger partial charge in [0.2, 0.25) is 0 Å². The van der Waals surface area contributed by atoms with Crippen molar-refractivity contribution >= 4 is 34.0 Å². The monoisotopic (exact) mass is 441 g/mol. The van der Waals surface area contributed by atoms with Crippen molar-refractivity contribution in [1.29, 1.82) is 0 Å². The molecule has 1 amide bonds. The topological polar surface area (TPSA) is 92.9 Å². The fraction of sp³-hybridized carbons (Fsp3) is 0.0500. The van der Waals surface area contributed by atoms with Crippen LogP contribution in [0.5, 0.6) is 5.75 Å². The summed E-state index contributed by atoms with van der Waals surface area (Å²) >= 11 is 3.33. The minimum atomic E-state index is -0.998. The number of hydrazone groups is 1. The molecule has 0 bridgehead atoms. The summed E-state index contributed by atoms with van der Waals surface area (Å²) in [6.45, 7) is -0.166. The van der Waals surface area contributed by atoms with E-state index in [0.717, 1.165) is 4.47 Å². The van der Waals surface area contributed by atoms with E-state index in [-0.39, 0.29) is 12.2 Å². The summed E-state index contributed by atoms with van der Waals surface area (Å²) in [4.78, 5) is 23.0. The van der Waals surface area contributed by atoms with Crippen LogP contribution in [0.4, 0.5) is 0 Å². The third kappa shape index (κ3) is 5.08. The van der Waals surface area contributed by atoms with Gasteiger partial charge in [0.15, 0.2) is 6.61 Å². The Bertz CT molecular complexity index is 1010. The third-order valence-electron chi connectivity index (χ3n) is 3.72. The molecule has 2 N–H and O–H groups in total. The molecule has 0 saturated carbocycles. The van der Waals surface area contributed by atoms with Gasteiger partial charge in [0, 0.05) is 16.4 Å². The Labute approximate surface area is 169 Å². The zero-order valence-corrected chi connectivity index (χ0v) is 16.2. The van der Waals surface area contributed by atoms with Gasteiger partial charge in [-0.25, -0.2) is 10.2 Å². The fourth-order valence-electron chi connectivity index (χ4n) is 2.41. The Kier molecular flexibility index (Phi) is 6.23. The van der Waals surface area contributed by atoms with Gasteiger partial charge in [-0.05, 0) is 54.6 Å². The second-order valence-corrected chi connectivity index (χ2v) is 6.61. The predicted molar refractivity (Wildman–Crippen MR) is 108 cm³/mol. The van der Waals surface area contributed by atoms with Gasteiger partial charge in [0.05, 0.1) is 17.5 Å². The van der Waals surface area contributed by atoms with E-state index in [1.54, 1.807) is 53.2 Å². The zero-order valence-electron chi connectivity index (χ0n) is 14.6. The number of hydrogen-bond acceptors (Lipinski definition) is 4. The van der Waals surface area contributed by atoms with Crippen LogP contribution in [0.2, 0.25) is 0 Å². The molecule has 7 nitrogen and oxygen atoms in total. The van der Waals surface area contributed by atoms with Crippen molar-refractivity contribution < 1.29 is 19.4 Å². The van der Waals surface area contributed by atoms with Crippen LogP contribution in [0, 0.1) is 0 Å². The number of amides is 1. The fourth-order valence-corrected chi connectivity index (χ4v) is 2.67. The van der Waals surface area contributed by atoms with Crippen molar-refractivity contribution in [2.24, 2.45) is 5.10 Å². The first-order valence-corrected chi connectivity index (χ1v) is 9.03. The van der Waals surface area contributed by atoms with Gasteiger partial charge in [-0.2, -0.15) is 5.10 Å². The number of carbonyl (C=O) groups is 2. The molecule has 2 aromatic carbocycles. The van der Waals surface area contributed by atoms with Crippen LogP contribution in [0.15, 0.2) is 76.4 Å². The van der Waals surface area contributed by atoms with Crippen molar-refractivity contribution in [1.82, 2.24) is 9.99 Å². The summed E-state index contributed by atoms with van der Waals surface area (Å²) in [5.74, 6) is -0.818. The molecule has 0 aliphatic carbocycles. The smallest absolute Gasteiger partial charge is 0.335 e. The van der Waals surface area contributed by atoms with Crippen LogP contribution in [-0.4, -0.2) is 34.4 Å². The number of rotatable bonds is 7. The number of ether oxygens (including phenoxy) is 1. The molecule has 1 aromatic heterocycles. The minimum absolute atomic E-state index is 0.166. The van der Waals surface area contributed by atoms with Crippen molar-refractivity contribution in [2.75, 3.05) is 6.61 Å². The number of aromatic nitrogens is 1. The Morgan fingerprint density at radius 3 is 2.68 bits per heavy atom. The molecule has 0 unspecified atom stereocenters. The number of aromatic carboxylic acids is 1. The number of halogens is 1. The van der Waals surface area contributed by atoms with E-state index < -0.39 is 11.9 Å². The summed E-state index contributed by atoms with van der Waals surface area (Å²) in [5.41, 5.74) is 3.94. The molecule has 0 fully saturated rings. The average molecular weight is 442 g/mol. The second kappa shape index (κ2) is 9.01. The molecule has 142 valence electrons. The molecule has 28 heavy (non-hydrogen) atoms. The minimum Gasteiger partial charge on any atom is -0.484 e. The summed E-state index contributed by atoms with van der Waals surface area (Å²) in [7, 11) is 0. The second-order valence-electron chi connectivity index (χ2n) is 5.69. The lowest BCUT2D eigenvalue weighted by molar-refractivity contribution is -0.123. The SMILES string of the molecule is O=C(COc1ccc(Br)cc1)N/N=C\c1cccn1-c1cccc(C(=O)O)c1. The van der Waals surface area contributed by atoms with Gasteiger partial charge in [-0.3, -0.25) is 4.79 Å². The molecule has 0 radical (unpaired) electrons. The van der Waals surface area contributed by atoms with Gasteiger partial charge < -0.3 is 14.4 Å². The Morgan fingerprint density at radius 2 is 1.93 bits per heavy atom. The van der Waals surface area contributed by atoms with E-state index in [0.29, 0.717) is 17.1 Å². The van der Waals surface area contributed by atoms with E-state index in [9.17, 15) is 9.59 Å². The highest BCUT2D eigenvalue weighted by Crippen LogP contribution is 2.16. The molecule has 0 atom stereocenters. The summed E-state index contributed by atoms with van der Waals surface area (Å²) < 4.78 is 8.06. The standard InChI is InChI=1S/C20H16BrN3O4/c21-15-6-8-18(9-7-15)28-13-19(25)23-22-12-17-5-2-10-24(17)16-4-1-3-14(11-16)20(26)27/h1-12H,13H2,(H,23,25)(H,26,27)/b22-12-. The van der Waals surface area contributed by atoms with Gasteiger partial charge in [-0.1, -0.05) is 22.0 Å². The maximum atomic E-state index is 11.9. The molecule has 8 heteroatoms. The first-order valence-electron chi connectivity index (χ1n) is 8.24. The van der Waals surface area contributed by atoms with Crippen molar-refractivity contribution in [3.63, 3.8) is 0 Å². The lowest BCUT2D eigenvalue weighted by Gasteiger charge is -2.07. The van der Waals surface area contributed by atoms with Gasteiger partial charge >= 0.3 is 5.97 Å². The Hall–Kier alpha value is -3.39. The number of carboxylic acid groups (broad SMARTS) is 1. The summed E-state index contributed by atoms with van der Waals surface area (Å²) in [5, 5.41) is 13.1. The molecule has 0 aliphatic heterocycles. The highest BCUT2D eigenvalue weighted by Gasteiger charge is 2.07. The number of benzene rings is 2. The average Bonchev–Trinajstić information content (AvgIpc) is 3.16. The van der Waals surface area contributed by atoms with Crippen molar-refractivity contribution in [3.05, 3.63) is 82.6 Å². The highest BCUT2D eigenvalue weighted by molar-refractivity contribution is 9.10. The normalized spacial score (nSPS) is 10.8. The Balaban J connectivity index is 1.60. The van der Waals surface area contributed by atoms with Crippen molar-refractivity contribution in [2.45, 2.75) is 0 Å². The van der Waals surface area contributed by atoms with E-state index in [2.05, 4.69) is 26.5 Å². The molecule has 3 aromatic rings. The molecular weight excluding hydrogens is 426 g/mol. The number of carbonyl (C=O) groups excluding carboxylic acids is 1. The molecule has 3 rings (SSSR count). The molecule has 0 spiro atoms. The summed E-state index contributed by atoms with van der Waals surface area (Å²) in [6, 6.07) is 17.3.